The summed E-state index contributed by atoms with van der Waals surface area (Å²) in [5.74, 6) is 0. The normalized spacial score (nSPS) is 11.3. The minimum Gasteiger partial charge on any atom is -0.368 e. The van der Waals surface area contributed by atoms with E-state index in [9.17, 15) is 0 Å². The fourth-order valence-electron chi connectivity index (χ4n) is 1.41. The van der Waals surface area contributed by atoms with Gasteiger partial charge in [-0.05, 0) is 18.2 Å². The van der Waals surface area contributed by atoms with Gasteiger partial charge in [0.15, 0.2) is 0 Å². The fraction of sp³-hybridized carbons (Fsp3) is 0.167. The molecule has 1 aromatic carbocycles. The monoisotopic (exact) mass is 343 g/mol. The third-order valence-electron chi connectivity index (χ3n) is 2.16. The molecule has 0 atom stereocenters. The number of halogens is 2. The number of fused-ring (bicyclic) bond motifs is 1. The van der Waals surface area contributed by atoms with Crippen LogP contribution in [0.5, 0.6) is 0 Å². The lowest BCUT2D eigenvalue weighted by Crippen LogP contribution is -2.06. The van der Waals surface area contributed by atoms with Crippen molar-refractivity contribution in [1.29, 1.82) is 0 Å². The quantitative estimate of drug-likeness (QED) is 0.361. The number of benzene rings is 1. The van der Waals surface area contributed by atoms with Crippen LogP contribution in [0.25, 0.3) is 10.8 Å². The van der Waals surface area contributed by atoms with Crippen molar-refractivity contribution < 1.29 is 0 Å². The first-order valence-corrected chi connectivity index (χ1v) is 7.12. The van der Waals surface area contributed by atoms with Crippen LogP contribution in [0.1, 0.15) is 0 Å². The zero-order chi connectivity index (χ0) is 13.1. The summed E-state index contributed by atoms with van der Waals surface area (Å²) in [4.78, 5) is 7.02. The van der Waals surface area contributed by atoms with Crippen LogP contribution in [-0.4, -0.2) is 30.3 Å². The van der Waals surface area contributed by atoms with Crippen LogP contribution in [0.3, 0.4) is 0 Å². The molecule has 0 unspecified atom stereocenters. The summed E-state index contributed by atoms with van der Waals surface area (Å²) in [5, 5.41) is 2.58. The average Bonchev–Trinajstić information content (AvgIpc) is 2.29. The molecule has 0 saturated carbocycles. The minimum absolute atomic E-state index is 0.489. The second kappa shape index (κ2) is 5.91. The van der Waals surface area contributed by atoms with E-state index in [0.29, 0.717) is 5.15 Å². The summed E-state index contributed by atoms with van der Waals surface area (Å²) < 4.78 is 5.30. The first-order chi connectivity index (χ1) is 8.56. The van der Waals surface area contributed by atoms with Crippen molar-refractivity contribution in [3.05, 3.63) is 34.0 Å². The number of hydrogen-bond acceptors (Lipinski definition) is 3. The molecule has 0 aliphatic rings. The highest BCUT2D eigenvalue weighted by molar-refractivity contribution is 9.10. The highest BCUT2D eigenvalue weighted by atomic mass is 79.9. The van der Waals surface area contributed by atoms with Gasteiger partial charge in [-0.1, -0.05) is 27.5 Å². The van der Waals surface area contributed by atoms with Gasteiger partial charge in [0.1, 0.15) is 5.15 Å². The first kappa shape index (κ1) is 13.6. The summed E-state index contributed by atoms with van der Waals surface area (Å²) in [6, 6.07) is 5.89. The topological polar surface area (TPSA) is 28.5 Å². The number of pyridine rings is 1. The third kappa shape index (κ3) is 3.37. The molecule has 2 aromatic rings. The second-order valence-electron chi connectivity index (χ2n) is 3.91. The maximum Gasteiger partial charge on any atom is 0.129 e. The standard InChI is InChI=1S/C12H11BrClN3S/c1-17(2)7-16-18-11-4-9(13)3-8-6-15-12(14)5-10(8)11/h3-7H,1-2H3/b16-7+. The highest BCUT2D eigenvalue weighted by Gasteiger charge is 2.05. The van der Waals surface area contributed by atoms with Gasteiger partial charge >= 0.3 is 0 Å². The van der Waals surface area contributed by atoms with E-state index in [1.165, 1.54) is 11.9 Å². The molecule has 0 amide bonds. The zero-order valence-electron chi connectivity index (χ0n) is 9.89. The van der Waals surface area contributed by atoms with E-state index >= 15 is 0 Å². The molecule has 94 valence electrons. The smallest absolute Gasteiger partial charge is 0.129 e. The van der Waals surface area contributed by atoms with E-state index in [-0.39, 0.29) is 0 Å². The largest absolute Gasteiger partial charge is 0.368 e. The van der Waals surface area contributed by atoms with Crippen molar-refractivity contribution >= 4 is 56.6 Å². The number of rotatable bonds is 3. The molecule has 1 heterocycles. The predicted molar refractivity (Wildman–Crippen MR) is 82.5 cm³/mol. The molecular weight excluding hydrogens is 334 g/mol. The van der Waals surface area contributed by atoms with Crippen LogP contribution in [0.4, 0.5) is 0 Å². The second-order valence-corrected chi connectivity index (χ2v) is 6.04. The molecule has 0 N–H and O–H groups in total. The van der Waals surface area contributed by atoms with Crippen molar-refractivity contribution in [1.82, 2.24) is 9.88 Å². The van der Waals surface area contributed by atoms with Crippen LogP contribution in [0.2, 0.25) is 5.15 Å². The van der Waals surface area contributed by atoms with E-state index in [2.05, 4.69) is 25.3 Å². The Balaban J connectivity index is 2.44. The Kier molecular flexibility index (Phi) is 4.48. The molecule has 0 fully saturated rings. The van der Waals surface area contributed by atoms with Gasteiger partial charge < -0.3 is 4.90 Å². The van der Waals surface area contributed by atoms with Gasteiger partial charge in [-0.3, -0.25) is 0 Å². The summed E-state index contributed by atoms with van der Waals surface area (Å²) in [6.45, 7) is 0. The van der Waals surface area contributed by atoms with E-state index in [1.807, 2.05) is 37.2 Å². The molecule has 0 spiro atoms. The summed E-state index contributed by atoms with van der Waals surface area (Å²) in [6.07, 6.45) is 3.53. The van der Waals surface area contributed by atoms with Crippen LogP contribution >= 0.6 is 39.5 Å². The molecule has 2 rings (SSSR count). The van der Waals surface area contributed by atoms with Crippen LogP contribution < -0.4 is 0 Å². The van der Waals surface area contributed by atoms with Crippen LogP contribution in [-0.2, 0) is 0 Å². The van der Waals surface area contributed by atoms with E-state index in [4.69, 9.17) is 11.6 Å². The minimum atomic E-state index is 0.489. The van der Waals surface area contributed by atoms with E-state index in [1.54, 1.807) is 12.5 Å². The van der Waals surface area contributed by atoms with E-state index < -0.39 is 0 Å². The SMILES string of the molecule is CN(C)/C=N/Sc1cc(Br)cc2cnc(Cl)cc12. The Morgan fingerprint density at radius 3 is 2.89 bits per heavy atom. The lowest BCUT2D eigenvalue weighted by Gasteiger charge is -2.06. The number of hydrogen-bond donors (Lipinski definition) is 0. The van der Waals surface area contributed by atoms with Crippen molar-refractivity contribution in [2.75, 3.05) is 14.1 Å². The van der Waals surface area contributed by atoms with Gasteiger partial charge in [0.05, 0.1) is 6.34 Å². The molecule has 0 radical (unpaired) electrons. The lowest BCUT2D eigenvalue weighted by molar-refractivity contribution is 0.645. The van der Waals surface area contributed by atoms with Crippen molar-refractivity contribution in [2.45, 2.75) is 4.90 Å². The first-order valence-electron chi connectivity index (χ1n) is 5.18. The van der Waals surface area contributed by atoms with Crippen LogP contribution in [0.15, 0.2) is 38.2 Å². The van der Waals surface area contributed by atoms with Gasteiger partial charge in [0.25, 0.3) is 0 Å². The Morgan fingerprint density at radius 2 is 2.17 bits per heavy atom. The molecule has 0 aliphatic heterocycles. The summed E-state index contributed by atoms with van der Waals surface area (Å²) in [7, 11) is 3.87. The number of nitrogens with zero attached hydrogens (tertiary/aromatic N) is 3. The number of aromatic nitrogens is 1. The van der Waals surface area contributed by atoms with Crippen molar-refractivity contribution in [3.8, 4) is 0 Å². The van der Waals surface area contributed by atoms with Crippen molar-refractivity contribution in [3.63, 3.8) is 0 Å². The fourth-order valence-corrected chi connectivity index (χ4v) is 3.00. The van der Waals surface area contributed by atoms with Crippen molar-refractivity contribution in [2.24, 2.45) is 4.40 Å². The molecular formula is C12H11BrClN3S. The Bertz CT molecular complexity index is 601. The molecule has 3 nitrogen and oxygen atoms in total. The van der Waals surface area contributed by atoms with Gasteiger partial charge in [-0.15, -0.1) is 0 Å². The molecule has 1 aromatic heterocycles. The zero-order valence-corrected chi connectivity index (χ0v) is 13.1. The predicted octanol–water partition coefficient (Wildman–Crippen LogP) is 4.25. The third-order valence-corrected chi connectivity index (χ3v) is 3.56. The Morgan fingerprint density at radius 1 is 1.39 bits per heavy atom. The van der Waals surface area contributed by atoms with E-state index in [0.717, 1.165) is 20.1 Å². The maximum atomic E-state index is 5.94. The molecule has 0 saturated heterocycles. The lowest BCUT2D eigenvalue weighted by atomic mass is 10.2. The Hall–Kier alpha value is -0.780. The molecule has 18 heavy (non-hydrogen) atoms. The van der Waals surface area contributed by atoms with Gasteiger partial charge in [-0.25, -0.2) is 9.38 Å². The highest BCUT2D eigenvalue weighted by Crippen LogP contribution is 2.32. The van der Waals surface area contributed by atoms with Gasteiger partial charge in [0.2, 0.25) is 0 Å². The maximum absolute atomic E-state index is 5.94. The average molecular weight is 345 g/mol. The summed E-state index contributed by atoms with van der Waals surface area (Å²) in [5.41, 5.74) is 0. The van der Waals surface area contributed by atoms with Gasteiger partial charge in [0, 0.05) is 52.4 Å². The Labute approximate surface area is 124 Å². The molecule has 0 bridgehead atoms. The van der Waals surface area contributed by atoms with Crippen LogP contribution in [0, 0.1) is 0 Å². The summed E-state index contributed by atoms with van der Waals surface area (Å²) >= 11 is 10.8. The molecule has 6 heteroatoms. The van der Waals surface area contributed by atoms with Gasteiger partial charge in [-0.2, -0.15) is 0 Å². The molecule has 0 aliphatic carbocycles.